The van der Waals surface area contributed by atoms with Gasteiger partial charge < -0.3 is 5.32 Å². The van der Waals surface area contributed by atoms with Gasteiger partial charge in [-0.3, -0.25) is 9.36 Å². The van der Waals surface area contributed by atoms with Gasteiger partial charge in [-0.25, -0.2) is 17.7 Å². The van der Waals surface area contributed by atoms with E-state index in [1.54, 1.807) is 6.20 Å². The number of rotatable bonds is 4. The molecule has 0 amide bonds. The van der Waals surface area contributed by atoms with Crippen LogP contribution in [0.1, 0.15) is 44.1 Å². The van der Waals surface area contributed by atoms with Crippen molar-refractivity contribution in [3.8, 4) is 0 Å². The highest BCUT2D eigenvalue weighted by molar-refractivity contribution is 7.88. The van der Waals surface area contributed by atoms with Crippen LogP contribution in [0.3, 0.4) is 0 Å². The lowest BCUT2D eigenvalue weighted by molar-refractivity contribution is 0.331. The Kier molecular flexibility index (Phi) is 4.26. The first-order valence-electron chi connectivity index (χ1n) is 10.4. The molecule has 29 heavy (non-hydrogen) atoms. The number of hydrogen-bond acceptors (Lipinski definition) is 6. The normalized spacial score (nSPS) is 27.9. The van der Waals surface area contributed by atoms with E-state index in [9.17, 15) is 13.2 Å². The number of pyridine rings is 1. The molecular formula is C20H27N5O3S. The van der Waals surface area contributed by atoms with Crippen molar-refractivity contribution < 1.29 is 8.42 Å². The molecule has 2 aromatic heterocycles. The number of hydrogen-bond donors (Lipinski definition) is 1. The molecule has 1 N–H and O–H groups in total. The maximum Gasteiger partial charge on any atom is 0.255 e. The van der Waals surface area contributed by atoms with Crippen molar-refractivity contribution >= 4 is 27.0 Å². The zero-order chi connectivity index (χ0) is 20.4. The van der Waals surface area contributed by atoms with Crippen LogP contribution in [-0.2, 0) is 15.6 Å². The van der Waals surface area contributed by atoms with Gasteiger partial charge in [0.05, 0.1) is 11.8 Å². The summed E-state index contributed by atoms with van der Waals surface area (Å²) in [5.41, 5.74) is 1.47. The molecule has 3 heterocycles. The number of piperidine rings is 1. The van der Waals surface area contributed by atoms with Crippen LogP contribution in [0.5, 0.6) is 0 Å². The van der Waals surface area contributed by atoms with Gasteiger partial charge in [0.1, 0.15) is 5.65 Å². The molecule has 2 saturated carbocycles. The molecule has 156 valence electrons. The van der Waals surface area contributed by atoms with Gasteiger partial charge in [0.25, 0.3) is 5.56 Å². The van der Waals surface area contributed by atoms with E-state index in [1.807, 2.05) is 17.6 Å². The van der Waals surface area contributed by atoms with Crippen LogP contribution in [0.15, 0.2) is 17.1 Å². The van der Waals surface area contributed by atoms with Gasteiger partial charge in [-0.1, -0.05) is 6.42 Å². The first kappa shape index (κ1) is 19.0. The predicted molar refractivity (Wildman–Crippen MR) is 112 cm³/mol. The van der Waals surface area contributed by atoms with Crippen LogP contribution in [0, 0.1) is 12.8 Å². The molecule has 3 fully saturated rings. The second-order valence-electron chi connectivity index (χ2n) is 8.92. The fraction of sp³-hybridized carbons (Fsp3) is 0.650. The third kappa shape index (κ3) is 3.15. The van der Waals surface area contributed by atoms with E-state index >= 15 is 0 Å². The number of fused-ring (bicyclic) bond motifs is 2. The van der Waals surface area contributed by atoms with E-state index in [0.29, 0.717) is 37.8 Å². The van der Waals surface area contributed by atoms with E-state index in [4.69, 9.17) is 4.98 Å². The third-order valence-electron chi connectivity index (χ3n) is 6.98. The van der Waals surface area contributed by atoms with Crippen LogP contribution in [0.4, 0.5) is 5.95 Å². The number of nitrogens with zero attached hydrogens (tertiary/aromatic N) is 4. The van der Waals surface area contributed by atoms with E-state index in [2.05, 4.69) is 10.3 Å². The van der Waals surface area contributed by atoms with Crippen molar-refractivity contribution in [2.24, 2.45) is 5.92 Å². The molecule has 0 aromatic carbocycles. The summed E-state index contributed by atoms with van der Waals surface area (Å²) in [6.45, 7) is 2.86. The quantitative estimate of drug-likeness (QED) is 0.815. The average Bonchev–Trinajstić information content (AvgIpc) is 3.22. The van der Waals surface area contributed by atoms with Gasteiger partial charge in [0, 0.05) is 36.3 Å². The minimum absolute atomic E-state index is 0.0478. The summed E-state index contributed by atoms with van der Waals surface area (Å²) in [5.74, 6) is 1.11. The zero-order valence-electron chi connectivity index (χ0n) is 16.9. The van der Waals surface area contributed by atoms with Crippen LogP contribution in [-0.4, -0.2) is 52.6 Å². The summed E-state index contributed by atoms with van der Waals surface area (Å²) in [6.07, 6.45) is 8.94. The molecule has 2 atom stereocenters. The van der Waals surface area contributed by atoms with Gasteiger partial charge >= 0.3 is 0 Å². The topological polar surface area (TPSA) is 97.2 Å². The van der Waals surface area contributed by atoms with Crippen LogP contribution in [0.25, 0.3) is 11.0 Å². The molecule has 0 bridgehead atoms. The van der Waals surface area contributed by atoms with Gasteiger partial charge in [-0.2, -0.15) is 4.98 Å². The Balaban J connectivity index is 1.45. The number of anilines is 1. The lowest BCUT2D eigenvalue weighted by Gasteiger charge is -2.30. The van der Waals surface area contributed by atoms with E-state index in [-0.39, 0.29) is 17.1 Å². The van der Waals surface area contributed by atoms with Crippen molar-refractivity contribution in [3.63, 3.8) is 0 Å². The summed E-state index contributed by atoms with van der Waals surface area (Å²) in [7, 11) is -3.14. The molecule has 1 aliphatic heterocycles. The molecule has 2 aromatic rings. The van der Waals surface area contributed by atoms with Crippen LogP contribution < -0.4 is 10.9 Å². The van der Waals surface area contributed by atoms with Crippen molar-refractivity contribution in [2.75, 3.05) is 24.7 Å². The van der Waals surface area contributed by atoms with Gasteiger partial charge in [-0.15, -0.1) is 0 Å². The fourth-order valence-corrected chi connectivity index (χ4v) is 6.19. The highest BCUT2D eigenvalue weighted by Gasteiger charge is 2.59. The predicted octanol–water partition coefficient (Wildman–Crippen LogP) is 1.83. The van der Waals surface area contributed by atoms with Gasteiger partial charge in [0.15, 0.2) is 0 Å². The summed E-state index contributed by atoms with van der Waals surface area (Å²) in [6, 6.07) is 2.00. The lowest BCUT2D eigenvalue weighted by Crippen LogP contribution is -2.42. The highest BCUT2D eigenvalue weighted by Crippen LogP contribution is 2.61. The second kappa shape index (κ2) is 6.50. The molecule has 5 rings (SSSR count). The van der Waals surface area contributed by atoms with Crippen LogP contribution in [0.2, 0.25) is 0 Å². The smallest absolute Gasteiger partial charge is 0.255 e. The highest BCUT2D eigenvalue weighted by atomic mass is 32.2. The standard InChI is InChI=1S/C20H27N5O3S/c1-13-10-14-12-21-19(22-16-5-8-24(9-6-16)29(2,27)28)23-17(14)25(18(13)26)20-7-3-4-15(20)11-20/h10,12,15-16H,3-9,11H2,1-2H3,(H,21,22,23). The number of sulfonamides is 1. The minimum Gasteiger partial charge on any atom is -0.351 e. The Morgan fingerprint density at radius 3 is 2.62 bits per heavy atom. The lowest BCUT2D eigenvalue weighted by atomic mass is 10.1. The Bertz CT molecular complexity index is 1140. The summed E-state index contributed by atoms with van der Waals surface area (Å²) in [5, 5.41) is 4.26. The first-order valence-corrected chi connectivity index (χ1v) is 12.2. The molecule has 3 aliphatic rings. The molecule has 1 saturated heterocycles. The number of aryl methyl sites for hydroxylation is 1. The maximum atomic E-state index is 13.1. The molecule has 2 aliphatic carbocycles. The van der Waals surface area contributed by atoms with Crippen molar-refractivity contribution in [1.29, 1.82) is 0 Å². The molecule has 9 heteroatoms. The van der Waals surface area contributed by atoms with Crippen molar-refractivity contribution in [2.45, 2.75) is 57.0 Å². The SMILES string of the molecule is Cc1cc2cnc(NC3CCN(S(C)(=O)=O)CC3)nc2n(C23CCCC2C3)c1=O. The summed E-state index contributed by atoms with van der Waals surface area (Å²) >= 11 is 0. The largest absolute Gasteiger partial charge is 0.351 e. The maximum absolute atomic E-state index is 13.1. The molecule has 2 unspecified atom stereocenters. The average molecular weight is 418 g/mol. The first-order chi connectivity index (χ1) is 13.8. The Morgan fingerprint density at radius 2 is 2.00 bits per heavy atom. The molecule has 8 nitrogen and oxygen atoms in total. The minimum atomic E-state index is -3.14. The van der Waals surface area contributed by atoms with E-state index < -0.39 is 10.0 Å². The summed E-state index contributed by atoms with van der Waals surface area (Å²) in [4.78, 5) is 22.3. The van der Waals surface area contributed by atoms with Crippen LogP contribution >= 0.6 is 0 Å². The Hall–Kier alpha value is -2.00. The van der Waals surface area contributed by atoms with E-state index in [0.717, 1.165) is 29.4 Å². The Labute approximate surface area is 170 Å². The van der Waals surface area contributed by atoms with Crippen molar-refractivity contribution in [3.05, 3.63) is 28.2 Å². The second-order valence-corrected chi connectivity index (χ2v) is 10.9. The monoisotopic (exact) mass is 417 g/mol. The van der Waals surface area contributed by atoms with E-state index in [1.165, 1.54) is 23.4 Å². The molecule has 0 radical (unpaired) electrons. The zero-order valence-corrected chi connectivity index (χ0v) is 17.7. The number of nitrogens with one attached hydrogen (secondary N) is 1. The van der Waals surface area contributed by atoms with Gasteiger partial charge in [0.2, 0.25) is 16.0 Å². The van der Waals surface area contributed by atoms with Gasteiger partial charge in [-0.05, 0) is 51.0 Å². The molecule has 0 spiro atoms. The molecular weight excluding hydrogens is 390 g/mol. The Morgan fingerprint density at radius 1 is 1.24 bits per heavy atom. The van der Waals surface area contributed by atoms with Crippen molar-refractivity contribution in [1.82, 2.24) is 18.8 Å². The number of aromatic nitrogens is 3. The summed E-state index contributed by atoms with van der Waals surface area (Å²) < 4.78 is 26.9. The third-order valence-corrected chi connectivity index (χ3v) is 8.29. The fourth-order valence-electron chi connectivity index (χ4n) is 5.31.